The molecule has 1 unspecified atom stereocenters. The molecule has 1 N–H and O–H groups in total. The Morgan fingerprint density at radius 3 is 2.75 bits per heavy atom. The van der Waals surface area contributed by atoms with Crippen LogP contribution in [-0.4, -0.2) is 11.7 Å². The molecule has 1 amide bonds. The first kappa shape index (κ1) is 15.0. The average molecular weight is 310 g/mol. The van der Waals surface area contributed by atoms with Gasteiger partial charge >= 0.3 is 0 Å². The first-order valence-electron chi connectivity index (χ1n) is 6.29. The summed E-state index contributed by atoms with van der Waals surface area (Å²) in [6.07, 6.45) is 0. The lowest BCUT2D eigenvalue weighted by Gasteiger charge is -2.11. The maximum Gasteiger partial charge on any atom is 0.230 e. The van der Waals surface area contributed by atoms with Crippen LogP contribution in [0.3, 0.4) is 0 Å². The maximum absolute atomic E-state index is 11.9. The highest BCUT2D eigenvalue weighted by Crippen LogP contribution is 2.26. The first-order valence-corrected chi connectivity index (χ1v) is 7.65. The molecule has 0 fully saturated rings. The van der Waals surface area contributed by atoms with E-state index < -0.39 is 0 Å². The van der Waals surface area contributed by atoms with Gasteiger partial charge in [0.15, 0.2) is 0 Å². The van der Waals surface area contributed by atoms with Crippen LogP contribution in [0.1, 0.15) is 24.5 Å². The summed E-state index contributed by atoms with van der Waals surface area (Å²) in [5, 5.41) is 3.57. The lowest BCUT2D eigenvalue weighted by molar-refractivity contribution is -0.119. The summed E-state index contributed by atoms with van der Waals surface area (Å²) in [5.74, 6) is 1.88. The number of carbonyl (C=O) groups is 1. The Kier molecular flexibility index (Phi) is 5.15. The molecule has 2 rings (SSSR count). The lowest BCUT2D eigenvalue weighted by atomic mass is 10.2. The van der Waals surface area contributed by atoms with Crippen LogP contribution >= 0.6 is 23.4 Å². The molecule has 0 saturated heterocycles. The Hall–Kier alpha value is -1.39. The molecule has 5 heteroatoms. The third-order valence-electron chi connectivity index (χ3n) is 2.76. The fourth-order valence-corrected chi connectivity index (χ4v) is 2.80. The zero-order valence-corrected chi connectivity index (χ0v) is 12.9. The molecular weight excluding hydrogens is 294 g/mol. The van der Waals surface area contributed by atoms with Crippen molar-refractivity contribution in [3.63, 3.8) is 0 Å². The fourth-order valence-electron chi connectivity index (χ4n) is 1.75. The SMILES string of the molecule is Cc1ccc(C(C)NC(=O)CSc2ccccc2Cl)o1. The second kappa shape index (κ2) is 6.86. The molecule has 3 nitrogen and oxygen atoms in total. The number of halogens is 1. The monoisotopic (exact) mass is 309 g/mol. The van der Waals surface area contributed by atoms with E-state index in [2.05, 4.69) is 5.32 Å². The van der Waals surface area contributed by atoms with Gasteiger partial charge in [-0.2, -0.15) is 0 Å². The number of aryl methyl sites for hydroxylation is 1. The summed E-state index contributed by atoms with van der Waals surface area (Å²) in [7, 11) is 0. The van der Waals surface area contributed by atoms with Crippen molar-refractivity contribution in [3.05, 3.63) is 52.9 Å². The molecule has 1 aromatic carbocycles. The van der Waals surface area contributed by atoms with Gasteiger partial charge in [0.2, 0.25) is 5.91 Å². The van der Waals surface area contributed by atoms with Crippen LogP contribution in [0, 0.1) is 6.92 Å². The Labute approximate surface area is 127 Å². The summed E-state index contributed by atoms with van der Waals surface area (Å²) < 4.78 is 5.49. The number of rotatable bonds is 5. The Bertz CT molecular complexity index is 597. The van der Waals surface area contributed by atoms with Crippen molar-refractivity contribution >= 4 is 29.3 Å². The third-order valence-corrected chi connectivity index (χ3v) is 4.28. The minimum Gasteiger partial charge on any atom is -0.464 e. The van der Waals surface area contributed by atoms with Gasteiger partial charge < -0.3 is 9.73 Å². The first-order chi connectivity index (χ1) is 9.56. The van der Waals surface area contributed by atoms with Gasteiger partial charge in [-0.05, 0) is 38.1 Å². The molecule has 0 aliphatic carbocycles. The van der Waals surface area contributed by atoms with Crippen molar-refractivity contribution in [3.8, 4) is 0 Å². The number of hydrogen-bond donors (Lipinski definition) is 1. The molecule has 0 saturated carbocycles. The molecule has 1 heterocycles. The number of furan rings is 1. The minimum atomic E-state index is -0.136. The number of amides is 1. The van der Waals surface area contributed by atoms with Crippen molar-refractivity contribution in [2.45, 2.75) is 24.8 Å². The summed E-state index contributed by atoms with van der Waals surface area (Å²) in [6.45, 7) is 3.78. The number of thioether (sulfide) groups is 1. The number of carbonyl (C=O) groups excluding carboxylic acids is 1. The zero-order valence-electron chi connectivity index (χ0n) is 11.4. The second-order valence-corrected chi connectivity index (χ2v) is 5.88. The Morgan fingerprint density at radius 2 is 2.10 bits per heavy atom. The van der Waals surface area contributed by atoms with E-state index in [-0.39, 0.29) is 11.9 Å². The second-order valence-electron chi connectivity index (χ2n) is 4.46. The molecule has 106 valence electrons. The predicted octanol–water partition coefficient (Wildman–Crippen LogP) is 4.21. The molecule has 0 bridgehead atoms. The lowest BCUT2D eigenvalue weighted by Crippen LogP contribution is -2.27. The topological polar surface area (TPSA) is 42.2 Å². The molecule has 0 spiro atoms. The van der Waals surface area contributed by atoms with Gasteiger partial charge in [-0.3, -0.25) is 4.79 Å². The van der Waals surface area contributed by atoms with Gasteiger partial charge in [0.05, 0.1) is 16.8 Å². The number of benzene rings is 1. The zero-order chi connectivity index (χ0) is 14.5. The standard InChI is InChI=1S/C15H16ClNO2S/c1-10-7-8-13(19-10)11(2)17-15(18)9-20-14-6-4-3-5-12(14)16/h3-8,11H,9H2,1-2H3,(H,17,18). The van der Waals surface area contributed by atoms with Gasteiger partial charge in [-0.25, -0.2) is 0 Å². The van der Waals surface area contributed by atoms with E-state index >= 15 is 0 Å². The summed E-state index contributed by atoms with van der Waals surface area (Å²) >= 11 is 7.47. The molecule has 0 aliphatic rings. The van der Waals surface area contributed by atoms with E-state index in [1.165, 1.54) is 11.8 Å². The highest BCUT2D eigenvalue weighted by molar-refractivity contribution is 8.00. The predicted molar refractivity (Wildman–Crippen MR) is 82.2 cm³/mol. The van der Waals surface area contributed by atoms with Gasteiger partial charge in [0.25, 0.3) is 0 Å². The van der Waals surface area contributed by atoms with Crippen LogP contribution in [-0.2, 0) is 4.79 Å². The quantitative estimate of drug-likeness (QED) is 0.841. The maximum atomic E-state index is 11.9. The number of nitrogens with one attached hydrogen (secondary N) is 1. The van der Waals surface area contributed by atoms with E-state index in [4.69, 9.17) is 16.0 Å². The number of hydrogen-bond acceptors (Lipinski definition) is 3. The van der Waals surface area contributed by atoms with E-state index in [1.54, 1.807) is 0 Å². The Balaban J connectivity index is 1.85. The van der Waals surface area contributed by atoms with Crippen LogP contribution in [0.15, 0.2) is 45.7 Å². The van der Waals surface area contributed by atoms with E-state index in [9.17, 15) is 4.79 Å². The van der Waals surface area contributed by atoms with Crippen molar-refractivity contribution in [2.75, 3.05) is 5.75 Å². The van der Waals surface area contributed by atoms with Crippen molar-refractivity contribution in [1.29, 1.82) is 0 Å². The van der Waals surface area contributed by atoms with Gasteiger partial charge in [0.1, 0.15) is 11.5 Å². The molecule has 1 atom stereocenters. The van der Waals surface area contributed by atoms with Crippen LogP contribution in [0.2, 0.25) is 5.02 Å². The molecule has 0 aliphatic heterocycles. The fraction of sp³-hybridized carbons (Fsp3) is 0.267. The smallest absolute Gasteiger partial charge is 0.230 e. The molecular formula is C15H16ClNO2S. The van der Waals surface area contributed by atoms with Crippen LogP contribution in [0.25, 0.3) is 0 Å². The largest absolute Gasteiger partial charge is 0.464 e. The van der Waals surface area contributed by atoms with Gasteiger partial charge in [-0.1, -0.05) is 23.7 Å². The molecule has 0 radical (unpaired) electrons. The van der Waals surface area contributed by atoms with E-state index in [1.807, 2.05) is 50.2 Å². The van der Waals surface area contributed by atoms with E-state index in [0.29, 0.717) is 10.8 Å². The third kappa shape index (κ3) is 4.05. The van der Waals surface area contributed by atoms with E-state index in [0.717, 1.165) is 16.4 Å². The molecule has 2 aromatic rings. The summed E-state index contributed by atoms with van der Waals surface area (Å²) in [4.78, 5) is 12.8. The van der Waals surface area contributed by atoms with Crippen molar-refractivity contribution < 1.29 is 9.21 Å². The molecule has 20 heavy (non-hydrogen) atoms. The van der Waals surface area contributed by atoms with Crippen molar-refractivity contribution in [2.24, 2.45) is 0 Å². The normalized spacial score (nSPS) is 12.2. The van der Waals surface area contributed by atoms with Crippen molar-refractivity contribution in [1.82, 2.24) is 5.32 Å². The van der Waals surface area contributed by atoms with Gasteiger partial charge in [0, 0.05) is 4.90 Å². The van der Waals surface area contributed by atoms with Crippen LogP contribution in [0.5, 0.6) is 0 Å². The Morgan fingerprint density at radius 1 is 1.35 bits per heavy atom. The molecule has 1 aromatic heterocycles. The van der Waals surface area contributed by atoms with Crippen LogP contribution in [0.4, 0.5) is 0 Å². The minimum absolute atomic E-state index is 0.0449. The van der Waals surface area contributed by atoms with Gasteiger partial charge in [-0.15, -0.1) is 11.8 Å². The summed E-state index contributed by atoms with van der Waals surface area (Å²) in [5.41, 5.74) is 0. The highest BCUT2D eigenvalue weighted by atomic mass is 35.5. The average Bonchev–Trinajstić information content (AvgIpc) is 2.84. The highest BCUT2D eigenvalue weighted by Gasteiger charge is 2.13. The summed E-state index contributed by atoms with van der Waals surface area (Å²) in [6, 6.07) is 11.1. The van der Waals surface area contributed by atoms with Crippen LogP contribution < -0.4 is 5.32 Å².